The number of carbonyl (C=O) groups is 1. The third-order valence-corrected chi connectivity index (χ3v) is 2.83. The highest BCUT2D eigenvalue weighted by molar-refractivity contribution is 9.11. The van der Waals surface area contributed by atoms with Crippen molar-refractivity contribution in [1.29, 1.82) is 0 Å². The van der Waals surface area contributed by atoms with E-state index >= 15 is 0 Å². The number of esters is 1. The van der Waals surface area contributed by atoms with Gasteiger partial charge in [0.05, 0.1) is 16.8 Å². The molecule has 1 aromatic rings. The van der Waals surface area contributed by atoms with Gasteiger partial charge in [-0.3, -0.25) is 4.79 Å². The third-order valence-electron chi connectivity index (χ3n) is 1.28. The van der Waals surface area contributed by atoms with Crippen LogP contribution in [0.25, 0.3) is 0 Å². The minimum Gasteiger partial charge on any atom is -0.466 e. The first kappa shape index (κ1) is 9.74. The SMILES string of the molecule is CCOC(=O)Cc1csc(Br)c1. The van der Waals surface area contributed by atoms with Gasteiger partial charge in [-0.1, -0.05) is 0 Å². The van der Waals surface area contributed by atoms with Crippen LogP contribution in [-0.4, -0.2) is 12.6 Å². The quantitative estimate of drug-likeness (QED) is 0.769. The molecule has 0 amide bonds. The van der Waals surface area contributed by atoms with E-state index in [1.165, 1.54) is 0 Å². The van der Waals surface area contributed by atoms with Gasteiger partial charge in [0.25, 0.3) is 0 Å². The number of rotatable bonds is 3. The molecule has 0 aliphatic rings. The van der Waals surface area contributed by atoms with Gasteiger partial charge < -0.3 is 4.74 Å². The summed E-state index contributed by atoms with van der Waals surface area (Å²) in [5, 5.41) is 1.95. The maximum atomic E-state index is 11.0. The van der Waals surface area contributed by atoms with Gasteiger partial charge in [0.15, 0.2) is 0 Å². The van der Waals surface area contributed by atoms with Crippen LogP contribution in [0.1, 0.15) is 12.5 Å². The van der Waals surface area contributed by atoms with Crippen LogP contribution in [0.3, 0.4) is 0 Å². The number of hydrogen-bond donors (Lipinski definition) is 0. The lowest BCUT2D eigenvalue weighted by Crippen LogP contribution is -2.06. The summed E-state index contributed by atoms with van der Waals surface area (Å²) in [6.07, 6.45) is 0.371. The van der Waals surface area contributed by atoms with Gasteiger partial charge in [-0.2, -0.15) is 0 Å². The number of thiophene rings is 1. The fourth-order valence-corrected chi connectivity index (χ4v) is 2.03. The fraction of sp³-hybridized carbons (Fsp3) is 0.375. The molecule has 0 saturated carbocycles. The first-order valence-corrected chi connectivity index (χ1v) is 5.28. The van der Waals surface area contributed by atoms with Gasteiger partial charge in [-0.25, -0.2) is 0 Å². The smallest absolute Gasteiger partial charge is 0.310 e. The predicted octanol–water partition coefficient (Wildman–Crippen LogP) is 2.62. The van der Waals surface area contributed by atoms with Crippen molar-refractivity contribution in [2.45, 2.75) is 13.3 Å². The standard InChI is InChI=1S/C8H9BrO2S/c1-2-11-8(10)4-6-3-7(9)12-5-6/h3,5H,2,4H2,1H3. The van der Waals surface area contributed by atoms with Crippen molar-refractivity contribution in [1.82, 2.24) is 0 Å². The number of ether oxygens (including phenoxy) is 1. The van der Waals surface area contributed by atoms with Crippen LogP contribution in [0.4, 0.5) is 0 Å². The lowest BCUT2D eigenvalue weighted by molar-refractivity contribution is -0.142. The van der Waals surface area contributed by atoms with Crippen LogP contribution in [0, 0.1) is 0 Å². The fourth-order valence-electron chi connectivity index (χ4n) is 0.817. The van der Waals surface area contributed by atoms with E-state index in [0.29, 0.717) is 13.0 Å². The molecule has 12 heavy (non-hydrogen) atoms. The summed E-state index contributed by atoms with van der Waals surface area (Å²) >= 11 is 4.90. The van der Waals surface area contributed by atoms with E-state index in [2.05, 4.69) is 15.9 Å². The molecule has 1 aromatic heterocycles. The van der Waals surface area contributed by atoms with E-state index in [4.69, 9.17) is 4.74 Å². The van der Waals surface area contributed by atoms with E-state index in [1.807, 2.05) is 11.4 Å². The molecular formula is C8H9BrO2S. The summed E-state index contributed by atoms with van der Waals surface area (Å²) in [6.45, 7) is 2.26. The Kier molecular flexibility index (Phi) is 3.75. The number of halogens is 1. The van der Waals surface area contributed by atoms with Crippen molar-refractivity contribution in [3.8, 4) is 0 Å². The Bertz CT molecular complexity index is 270. The second-order valence-electron chi connectivity index (χ2n) is 2.24. The van der Waals surface area contributed by atoms with Gasteiger partial charge in [0.1, 0.15) is 0 Å². The maximum Gasteiger partial charge on any atom is 0.310 e. The molecule has 0 unspecified atom stereocenters. The topological polar surface area (TPSA) is 26.3 Å². The zero-order valence-corrected chi connectivity index (χ0v) is 9.07. The highest BCUT2D eigenvalue weighted by Crippen LogP contribution is 2.20. The van der Waals surface area contributed by atoms with Gasteiger partial charge >= 0.3 is 5.97 Å². The molecule has 4 heteroatoms. The van der Waals surface area contributed by atoms with Crippen LogP contribution in [0.15, 0.2) is 15.2 Å². The highest BCUT2D eigenvalue weighted by Gasteiger charge is 2.04. The summed E-state index contributed by atoms with van der Waals surface area (Å²) in [7, 11) is 0. The van der Waals surface area contributed by atoms with Crippen molar-refractivity contribution < 1.29 is 9.53 Å². The lowest BCUT2D eigenvalue weighted by atomic mass is 10.2. The van der Waals surface area contributed by atoms with Crippen LogP contribution in [-0.2, 0) is 16.0 Å². The normalized spacial score (nSPS) is 9.83. The van der Waals surface area contributed by atoms with Crippen LogP contribution >= 0.6 is 27.3 Å². The third kappa shape index (κ3) is 2.95. The Labute approximate surface area is 83.7 Å². The number of carbonyl (C=O) groups excluding carboxylic acids is 1. The zero-order valence-electron chi connectivity index (χ0n) is 6.67. The summed E-state index contributed by atoms with van der Waals surface area (Å²) < 4.78 is 5.85. The summed E-state index contributed by atoms with van der Waals surface area (Å²) in [4.78, 5) is 11.0. The Balaban J connectivity index is 2.46. The molecule has 0 aliphatic heterocycles. The maximum absolute atomic E-state index is 11.0. The lowest BCUT2D eigenvalue weighted by Gasteiger charge is -1.98. The Morgan fingerprint density at radius 1 is 1.75 bits per heavy atom. The first-order valence-electron chi connectivity index (χ1n) is 3.61. The van der Waals surface area contributed by atoms with Crippen molar-refractivity contribution in [3.63, 3.8) is 0 Å². The average Bonchev–Trinajstić information content (AvgIpc) is 2.36. The van der Waals surface area contributed by atoms with Crippen molar-refractivity contribution in [2.24, 2.45) is 0 Å². The van der Waals surface area contributed by atoms with Gasteiger partial charge in [-0.05, 0) is 39.9 Å². The molecule has 1 rings (SSSR count). The Morgan fingerprint density at radius 3 is 3.00 bits per heavy atom. The molecular weight excluding hydrogens is 240 g/mol. The second-order valence-corrected chi connectivity index (χ2v) is 4.53. The van der Waals surface area contributed by atoms with Gasteiger partial charge in [0, 0.05) is 0 Å². The van der Waals surface area contributed by atoms with Crippen molar-refractivity contribution in [2.75, 3.05) is 6.61 Å². The van der Waals surface area contributed by atoms with Crippen molar-refractivity contribution >= 4 is 33.2 Å². The first-order chi connectivity index (χ1) is 5.72. The molecule has 0 N–H and O–H groups in total. The highest BCUT2D eigenvalue weighted by atomic mass is 79.9. The van der Waals surface area contributed by atoms with Gasteiger partial charge in [0.2, 0.25) is 0 Å². The Hall–Kier alpha value is -0.350. The minimum atomic E-state index is -0.164. The average molecular weight is 249 g/mol. The largest absolute Gasteiger partial charge is 0.466 e. The second kappa shape index (κ2) is 4.62. The van der Waals surface area contributed by atoms with Crippen LogP contribution < -0.4 is 0 Å². The van der Waals surface area contributed by atoms with E-state index in [9.17, 15) is 4.79 Å². The molecule has 66 valence electrons. The van der Waals surface area contributed by atoms with Crippen molar-refractivity contribution in [3.05, 3.63) is 20.8 Å². The molecule has 0 atom stereocenters. The molecule has 2 nitrogen and oxygen atoms in total. The summed E-state index contributed by atoms with van der Waals surface area (Å²) in [5.74, 6) is -0.164. The van der Waals surface area contributed by atoms with E-state index in [-0.39, 0.29) is 5.97 Å². The summed E-state index contributed by atoms with van der Waals surface area (Å²) in [6, 6.07) is 1.93. The van der Waals surface area contributed by atoms with Crippen LogP contribution in [0.5, 0.6) is 0 Å². The molecule has 0 aliphatic carbocycles. The van der Waals surface area contributed by atoms with E-state index < -0.39 is 0 Å². The summed E-state index contributed by atoms with van der Waals surface area (Å²) in [5.41, 5.74) is 1.00. The van der Waals surface area contributed by atoms with E-state index in [1.54, 1.807) is 18.3 Å². The molecule has 0 spiro atoms. The molecule has 1 heterocycles. The number of hydrogen-bond acceptors (Lipinski definition) is 3. The predicted molar refractivity (Wildman–Crippen MR) is 52.4 cm³/mol. The van der Waals surface area contributed by atoms with Crippen LogP contribution in [0.2, 0.25) is 0 Å². The molecule has 0 bridgehead atoms. The minimum absolute atomic E-state index is 0.164. The Morgan fingerprint density at radius 2 is 2.50 bits per heavy atom. The van der Waals surface area contributed by atoms with Gasteiger partial charge in [-0.15, -0.1) is 11.3 Å². The zero-order chi connectivity index (χ0) is 8.97. The monoisotopic (exact) mass is 248 g/mol. The molecule has 0 radical (unpaired) electrons. The molecule has 0 saturated heterocycles. The molecule has 0 aromatic carbocycles. The molecule has 0 fully saturated rings. The van der Waals surface area contributed by atoms with E-state index in [0.717, 1.165) is 9.35 Å².